The Bertz CT molecular complexity index is 316. The average molecular weight is 263 g/mol. The molecule has 0 amide bonds. The molecule has 0 bridgehead atoms. The van der Waals surface area contributed by atoms with Crippen molar-refractivity contribution in [3.8, 4) is 5.75 Å². The minimum atomic E-state index is 0.265. The summed E-state index contributed by atoms with van der Waals surface area (Å²) >= 11 is 11.8. The van der Waals surface area contributed by atoms with Gasteiger partial charge in [-0.25, -0.2) is 0 Å². The molecular formula is C12H16Cl2O2. The van der Waals surface area contributed by atoms with Gasteiger partial charge >= 0.3 is 0 Å². The predicted molar refractivity (Wildman–Crippen MR) is 67.5 cm³/mol. The normalized spacial score (nSPS) is 10.4. The molecule has 1 aromatic rings. The number of halogens is 2. The van der Waals surface area contributed by atoms with Gasteiger partial charge in [0.2, 0.25) is 0 Å². The highest BCUT2D eigenvalue weighted by Crippen LogP contribution is 2.27. The van der Waals surface area contributed by atoms with E-state index in [0.29, 0.717) is 22.4 Å². The van der Waals surface area contributed by atoms with E-state index in [1.807, 2.05) is 0 Å². The van der Waals surface area contributed by atoms with Crippen molar-refractivity contribution in [2.45, 2.75) is 25.7 Å². The first-order valence-electron chi connectivity index (χ1n) is 5.43. The lowest BCUT2D eigenvalue weighted by Gasteiger charge is -2.08. The molecule has 90 valence electrons. The molecule has 0 heterocycles. The Kier molecular flexibility index (Phi) is 6.62. The molecule has 0 aliphatic rings. The predicted octanol–water partition coefficient (Wildman–Crippen LogP) is 3.92. The first kappa shape index (κ1) is 13.6. The molecule has 0 atom stereocenters. The lowest BCUT2D eigenvalue weighted by molar-refractivity contribution is 0.273. The molecular weight excluding hydrogens is 247 g/mol. The number of rotatable bonds is 7. The second-order valence-corrected chi connectivity index (χ2v) is 4.40. The molecule has 16 heavy (non-hydrogen) atoms. The number of ether oxygens (including phenoxy) is 1. The minimum absolute atomic E-state index is 0.265. The lowest BCUT2D eigenvalue weighted by atomic mass is 10.2. The lowest BCUT2D eigenvalue weighted by Crippen LogP contribution is -1.98. The zero-order valence-corrected chi connectivity index (χ0v) is 10.6. The summed E-state index contributed by atoms with van der Waals surface area (Å²) in [6.45, 7) is 0.895. The monoisotopic (exact) mass is 262 g/mol. The van der Waals surface area contributed by atoms with Gasteiger partial charge in [0.15, 0.2) is 0 Å². The maximum absolute atomic E-state index is 8.60. The zero-order valence-electron chi connectivity index (χ0n) is 9.09. The van der Waals surface area contributed by atoms with Crippen molar-refractivity contribution in [3.05, 3.63) is 28.2 Å². The van der Waals surface area contributed by atoms with Crippen molar-refractivity contribution in [2.75, 3.05) is 13.2 Å². The summed E-state index contributed by atoms with van der Waals surface area (Å²) in [5.41, 5.74) is 0. The van der Waals surface area contributed by atoms with Crippen molar-refractivity contribution in [1.29, 1.82) is 0 Å². The molecule has 0 saturated heterocycles. The number of hydrogen-bond acceptors (Lipinski definition) is 2. The molecule has 0 fully saturated rings. The van der Waals surface area contributed by atoms with Gasteiger partial charge in [0.05, 0.1) is 11.6 Å². The van der Waals surface area contributed by atoms with Gasteiger partial charge in [-0.1, -0.05) is 29.6 Å². The van der Waals surface area contributed by atoms with Crippen molar-refractivity contribution < 1.29 is 9.84 Å². The van der Waals surface area contributed by atoms with Crippen LogP contribution in [-0.4, -0.2) is 18.3 Å². The molecule has 4 heteroatoms. The van der Waals surface area contributed by atoms with E-state index in [9.17, 15) is 0 Å². The van der Waals surface area contributed by atoms with Crippen LogP contribution in [0.5, 0.6) is 5.75 Å². The van der Waals surface area contributed by atoms with E-state index in [0.717, 1.165) is 25.7 Å². The Morgan fingerprint density at radius 3 is 2.56 bits per heavy atom. The largest absolute Gasteiger partial charge is 0.492 e. The molecule has 0 aromatic heterocycles. The van der Waals surface area contributed by atoms with Gasteiger partial charge in [-0.05, 0) is 31.4 Å². The van der Waals surface area contributed by atoms with E-state index in [-0.39, 0.29) is 6.61 Å². The number of unbranched alkanes of at least 4 members (excludes halogenated alkanes) is 3. The summed E-state index contributed by atoms with van der Waals surface area (Å²) in [5.74, 6) is 0.635. The third kappa shape index (κ3) is 5.06. The molecule has 2 nitrogen and oxygen atoms in total. The van der Waals surface area contributed by atoms with Gasteiger partial charge in [0.1, 0.15) is 5.75 Å². The van der Waals surface area contributed by atoms with E-state index in [4.69, 9.17) is 33.0 Å². The summed E-state index contributed by atoms with van der Waals surface area (Å²) in [5, 5.41) is 9.81. The fourth-order valence-corrected chi connectivity index (χ4v) is 1.67. The third-order valence-corrected chi connectivity index (χ3v) is 2.75. The molecule has 0 aliphatic heterocycles. The first-order chi connectivity index (χ1) is 7.74. The molecule has 0 aliphatic carbocycles. The van der Waals surface area contributed by atoms with Crippen LogP contribution < -0.4 is 4.74 Å². The maximum atomic E-state index is 8.60. The van der Waals surface area contributed by atoms with E-state index < -0.39 is 0 Å². The second-order valence-electron chi connectivity index (χ2n) is 3.56. The molecule has 1 N–H and O–H groups in total. The Hall–Kier alpha value is -0.440. The number of aliphatic hydroxyl groups excluding tert-OH is 1. The highest BCUT2D eigenvalue weighted by Gasteiger charge is 2.01. The van der Waals surface area contributed by atoms with Crippen molar-refractivity contribution in [1.82, 2.24) is 0 Å². The van der Waals surface area contributed by atoms with Crippen LogP contribution in [0.3, 0.4) is 0 Å². The van der Waals surface area contributed by atoms with Crippen LogP contribution in [0, 0.1) is 0 Å². The fraction of sp³-hybridized carbons (Fsp3) is 0.500. The molecule has 1 aromatic carbocycles. The average Bonchev–Trinajstić information content (AvgIpc) is 2.28. The Balaban J connectivity index is 2.23. The highest BCUT2D eigenvalue weighted by molar-refractivity contribution is 6.34. The molecule has 1 rings (SSSR count). The van der Waals surface area contributed by atoms with Gasteiger partial charge in [0.25, 0.3) is 0 Å². The molecule has 0 radical (unpaired) electrons. The van der Waals surface area contributed by atoms with Crippen molar-refractivity contribution in [2.24, 2.45) is 0 Å². The van der Waals surface area contributed by atoms with Crippen LogP contribution in [0.1, 0.15) is 25.7 Å². The van der Waals surface area contributed by atoms with E-state index in [1.54, 1.807) is 18.2 Å². The summed E-state index contributed by atoms with van der Waals surface area (Å²) in [7, 11) is 0. The molecule has 0 unspecified atom stereocenters. The smallest absolute Gasteiger partial charge is 0.139 e. The van der Waals surface area contributed by atoms with Gasteiger partial charge in [-0.2, -0.15) is 0 Å². The summed E-state index contributed by atoms with van der Waals surface area (Å²) in [6, 6.07) is 5.18. The van der Waals surface area contributed by atoms with Crippen LogP contribution in [0.25, 0.3) is 0 Å². The zero-order chi connectivity index (χ0) is 11.8. The van der Waals surface area contributed by atoms with E-state index >= 15 is 0 Å². The quantitative estimate of drug-likeness (QED) is 0.755. The van der Waals surface area contributed by atoms with E-state index in [2.05, 4.69) is 0 Å². The Labute approximate surface area is 106 Å². The van der Waals surface area contributed by atoms with Crippen molar-refractivity contribution in [3.63, 3.8) is 0 Å². The van der Waals surface area contributed by atoms with Gasteiger partial charge in [-0.3, -0.25) is 0 Å². The van der Waals surface area contributed by atoms with Crippen LogP contribution in [0.15, 0.2) is 18.2 Å². The molecule has 0 spiro atoms. The third-order valence-electron chi connectivity index (χ3n) is 2.20. The maximum Gasteiger partial charge on any atom is 0.139 e. The van der Waals surface area contributed by atoms with Gasteiger partial charge in [0, 0.05) is 17.7 Å². The minimum Gasteiger partial charge on any atom is -0.492 e. The molecule has 0 saturated carbocycles. The second kappa shape index (κ2) is 7.77. The summed E-state index contributed by atoms with van der Waals surface area (Å²) in [4.78, 5) is 0. The number of aliphatic hydroxyl groups is 1. The first-order valence-corrected chi connectivity index (χ1v) is 6.18. The standard InChI is InChI=1S/C12H16Cl2O2/c13-10-5-6-11(14)12(9-10)16-8-4-2-1-3-7-15/h5-6,9,15H,1-4,7-8H2. The summed E-state index contributed by atoms with van der Waals surface area (Å²) < 4.78 is 5.52. The topological polar surface area (TPSA) is 29.5 Å². The highest BCUT2D eigenvalue weighted by atomic mass is 35.5. The Morgan fingerprint density at radius 1 is 1.06 bits per heavy atom. The Morgan fingerprint density at radius 2 is 1.81 bits per heavy atom. The number of hydrogen-bond donors (Lipinski definition) is 1. The van der Waals surface area contributed by atoms with Crippen LogP contribution in [-0.2, 0) is 0 Å². The van der Waals surface area contributed by atoms with Crippen LogP contribution in [0.4, 0.5) is 0 Å². The van der Waals surface area contributed by atoms with Crippen LogP contribution in [0.2, 0.25) is 10.0 Å². The van der Waals surface area contributed by atoms with Crippen molar-refractivity contribution >= 4 is 23.2 Å². The van der Waals surface area contributed by atoms with E-state index in [1.165, 1.54) is 0 Å². The number of benzene rings is 1. The SMILES string of the molecule is OCCCCCCOc1cc(Cl)ccc1Cl. The summed E-state index contributed by atoms with van der Waals surface area (Å²) in [6.07, 6.45) is 3.91. The van der Waals surface area contributed by atoms with Crippen LogP contribution >= 0.6 is 23.2 Å². The fourth-order valence-electron chi connectivity index (χ4n) is 1.34. The van der Waals surface area contributed by atoms with Gasteiger partial charge < -0.3 is 9.84 Å². The van der Waals surface area contributed by atoms with Gasteiger partial charge in [-0.15, -0.1) is 0 Å².